The second kappa shape index (κ2) is 6.03. The number of carbonyl (C=O) groups is 1. The molecular weight excluding hydrogens is 264 g/mol. The maximum absolute atomic E-state index is 12.4. The number of carbonyl (C=O) groups excluding carboxylic acids is 1. The van der Waals surface area contributed by atoms with Gasteiger partial charge in [0.15, 0.2) is 0 Å². The normalized spacial score (nSPS) is 24.5. The van der Waals surface area contributed by atoms with Gasteiger partial charge in [-0.2, -0.15) is 0 Å². The van der Waals surface area contributed by atoms with Gasteiger partial charge in [-0.3, -0.25) is 14.6 Å². The Bertz CT molecular complexity index is 519. The average molecular weight is 288 g/mol. The summed E-state index contributed by atoms with van der Waals surface area (Å²) >= 11 is 0. The van der Waals surface area contributed by atoms with Gasteiger partial charge in [0.05, 0.1) is 17.4 Å². The molecule has 0 bridgehead atoms. The fourth-order valence-corrected chi connectivity index (χ4v) is 3.38. The molecule has 3 rings (SSSR count). The molecular formula is C16H24N4O. The molecule has 2 heterocycles. The van der Waals surface area contributed by atoms with Crippen molar-refractivity contribution in [3.8, 4) is 0 Å². The van der Waals surface area contributed by atoms with Gasteiger partial charge in [-0.05, 0) is 38.4 Å². The third kappa shape index (κ3) is 3.04. The maximum atomic E-state index is 12.4. The second-order valence-electron chi connectivity index (χ2n) is 6.08. The molecule has 0 radical (unpaired) electrons. The van der Waals surface area contributed by atoms with E-state index in [0.29, 0.717) is 17.4 Å². The van der Waals surface area contributed by atoms with Crippen LogP contribution < -0.4 is 11.1 Å². The Morgan fingerprint density at radius 3 is 2.95 bits per heavy atom. The summed E-state index contributed by atoms with van der Waals surface area (Å²) in [5.41, 5.74) is 7.20. The molecule has 5 nitrogen and oxygen atoms in total. The molecule has 21 heavy (non-hydrogen) atoms. The molecule has 1 aromatic carbocycles. The predicted octanol–water partition coefficient (Wildman–Crippen LogP) is 1.38. The van der Waals surface area contributed by atoms with E-state index in [2.05, 4.69) is 15.1 Å². The fraction of sp³-hybridized carbons (Fsp3) is 0.562. The van der Waals surface area contributed by atoms with Crippen LogP contribution >= 0.6 is 0 Å². The van der Waals surface area contributed by atoms with E-state index in [1.807, 2.05) is 25.1 Å². The third-order valence-corrected chi connectivity index (χ3v) is 4.76. The number of rotatable bonds is 3. The summed E-state index contributed by atoms with van der Waals surface area (Å²) in [7, 11) is 0. The van der Waals surface area contributed by atoms with Crippen molar-refractivity contribution in [1.82, 2.24) is 9.80 Å². The molecule has 2 aliphatic heterocycles. The largest absolute Gasteiger partial charge is 0.397 e. The molecule has 0 spiro atoms. The first-order valence-corrected chi connectivity index (χ1v) is 7.78. The van der Waals surface area contributed by atoms with Gasteiger partial charge < -0.3 is 11.1 Å². The summed E-state index contributed by atoms with van der Waals surface area (Å²) in [4.78, 5) is 17.3. The highest BCUT2D eigenvalue weighted by atomic mass is 16.2. The van der Waals surface area contributed by atoms with Gasteiger partial charge in [-0.25, -0.2) is 0 Å². The Balaban J connectivity index is 1.61. The molecule has 2 saturated heterocycles. The Kier molecular flexibility index (Phi) is 4.12. The van der Waals surface area contributed by atoms with Crippen LogP contribution in [0.15, 0.2) is 24.3 Å². The minimum Gasteiger partial charge on any atom is -0.397 e. The van der Waals surface area contributed by atoms with E-state index >= 15 is 0 Å². The first-order chi connectivity index (χ1) is 10.1. The molecule has 5 heteroatoms. The minimum absolute atomic E-state index is 0.0272. The van der Waals surface area contributed by atoms with Crippen molar-refractivity contribution in [2.24, 2.45) is 0 Å². The van der Waals surface area contributed by atoms with Crippen molar-refractivity contribution in [3.05, 3.63) is 24.3 Å². The summed E-state index contributed by atoms with van der Waals surface area (Å²) in [5.74, 6) is 0.0272. The lowest BCUT2D eigenvalue weighted by molar-refractivity contribution is -0.121. The van der Waals surface area contributed by atoms with Gasteiger partial charge in [-0.1, -0.05) is 12.1 Å². The summed E-state index contributed by atoms with van der Waals surface area (Å²) in [6, 6.07) is 7.91. The Labute approximate surface area is 126 Å². The number of para-hydroxylation sites is 2. The number of fused-ring (bicyclic) bond motifs is 1. The number of hydrogen-bond donors (Lipinski definition) is 2. The van der Waals surface area contributed by atoms with Crippen molar-refractivity contribution in [2.45, 2.75) is 31.8 Å². The van der Waals surface area contributed by atoms with Crippen LogP contribution in [0.25, 0.3) is 0 Å². The highest BCUT2D eigenvalue weighted by Crippen LogP contribution is 2.23. The highest BCUT2D eigenvalue weighted by molar-refractivity contribution is 5.97. The Hall–Kier alpha value is -1.59. The molecule has 2 fully saturated rings. The molecule has 2 unspecified atom stereocenters. The molecule has 114 valence electrons. The number of benzene rings is 1. The molecule has 1 aromatic rings. The zero-order chi connectivity index (χ0) is 14.8. The number of hydrogen-bond acceptors (Lipinski definition) is 4. The smallest absolute Gasteiger partial charge is 0.241 e. The molecule has 3 N–H and O–H groups in total. The molecule has 0 aliphatic carbocycles. The first kappa shape index (κ1) is 14.4. The van der Waals surface area contributed by atoms with E-state index < -0.39 is 0 Å². The summed E-state index contributed by atoms with van der Waals surface area (Å²) < 4.78 is 0. The van der Waals surface area contributed by atoms with Crippen molar-refractivity contribution < 1.29 is 4.79 Å². The van der Waals surface area contributed by atoms with Crippen molar-refractivity contribution in [2.75, 3.05) is 37.2 Å². The van der Waals surface area contributed by atoms with Gasteiger partial charge in [0.2, 0.25) is 5.91 Å². The average Bonchev–Trinajstić information content (AvgIpc) is 2.96. The lowest BCUT2D eigenvalue weighted by atomic mass is 10.1. The monoisotopic (exact) mass is 288 g/mol. The topological polar surface area (TPSA) is 61.6 Å². The lowest BCUT2D eigenvalue weighted by Gasteiger charge is -2.40. The maximum Gasteiger partial charge on any atom is 0.241 e. The van der Waals surface area contributed by atoms with Crippen LogP contribution in [0, 0.1) is 0 Å². The predicted molar refractivity (Wildman–Crippen MR) is 85.1 cm³/mol. The molecule has 0 aromatic heterocycles. The number of nitrogens with two attached hydrogens (primary N) is 1. The van der Waals surface area contributed by atoms with Gasteiger partial charge >= 0.3 is 0 Å². The van der Waals surface area contributed by atoms with E-state index in [4.69, 9.17) is 5.73 Å². The zero-order valence-corrected chi connectivity index (χ0v) is 12.6. The van der Waals surface area contributed by atoms with Crippen LogP contribution in [0.2, 0.25) is 0 Å². The number of piperazine rings is 1. The zero-order valence-electron chi connectivity index (χ0n) is 12.6. The van der Waals surface area contributed by atoms with Gasteiger partial charge in [-0.15, -0.1) is 0 Å². The second-order valence-corrected chi connectivity index (χ2v) is 6.08. The van der Waals surface area contributed by atoms with Gasteiger partial charge in [0.25, 0.3) is 0 Å². The number of amides is 1. The minimum atomic E-state index is -0.118. The first-order valence-electron chi connectivity index (χ1n) is 7.78. The third-order valence-electron chi connectivity index (χ3n) is 4.76. The van der Waals surface area contributed by atoms with Crippen LogP contribution in [-0.4, -0.2) is 54.0 Å². The van der Waals surface area contributed by atoms with E-state index in [1.54, 1.807) is 6.07 Å². The van der Waals surface area contributed by atoms with E-state index in [-0.39, 0.29) is 11.9 Å². The highest BCUT2D eigenvalue weighted by Gasteiger charge is 2.34. The number of anilines is 2. The lowest BCUT2D eigenvalue weighted by Crippen LogP contribution is -2.55. The van der Waals surface area contributed by atoms with Crippen molar-refractivity contribution in [3.63, 3.8) is 0 Å². The van der Waals surface area contributed by atoms with E-state index in [9.17, 15) is 4.79 Å². The van der Waals surface area contributed by atoms with Crippen LogP contribution in [0.4, 0.5) is 11.4 Å². The standard InChI is InChI=1S/C16H24N4O/c1-12(16(21)18-15-7-3-2-6-14(15)17)20-10-9-19-8-4-5-13(19)11-20/h2-3,6-7,12-13H,4-5,8-11,17H2,1H3,(H,18,21). The summed E-state index contributed by atoms with van der Waals surface area (Å²) in [6.07, 6.45) is 2.55. The Morgan fingerprint density at radius 1 is 1.33 bits per heavy atom. The summed E-state index contributed by atoms with van der Waals surface area (Å²) in [5, 5.41) is 2.95. The van der Waals surface area contributed by atoms with Crippen molar-refractivity contribution >= 4 is 17.3 Å². The SMILES string of the molecule is CC(C(=O)Nc1ccccc1N)N1CCN2CCCC2C1. The van der Waals surface area contributed by atoms with Gasteiger partial charge in [0, 0.05) is 25.7 Å². The number of nitrogen functional groups attached to an aromatic ring is 1. The van der Waals surface area contributed by atoms with E-state index in [0.717, 1.165) is 19.6 Å². The Morgan fingerprint density at radius 2 is 2.14 bits per heavy atom. The number of nitrogens with one attached hydrogen (secondary N) is 1. The fourth-order valence-electron chi connectivity index (χ4n) is 3.38. The molecule has 1 amide bonds. The van der Waals surface area contributed by atoms with Crippen LogP contribution in [0.3, 0.4) is 0 Å². The quantitative estimate of drug-likeness (QED) is 0.825. The molecule has 2 atom stereocenters. The summed E-state index contributed by atoms with van der Waals surface area (Å²) in [6.45, 7) is 6.25. The van der Waals surface area contributed by atoms with Crippen LogP contribution in [0.5, 0.6) is 0 Å². The van der Waals surface area contributed by atoms with Crippen LogP contribution in [0.1, 0.15) is 19.8 Å². The van der Waals surface area contributed by atoms with E-state index in [1.165, 1.54) is 19.4 Å². The number of nitrogens with zero attached hydrogens (tertiary/aromatic N) is 2. The van der Waals surface area contributed by atoms with Crippen molar-refractivity contribution in [1.29, 1.82) is 0 Å². The van der Waals surface area contributed by atoms with Gasteiger partial charge in [0.1, 0.15) is 0 Å². The van der Waals surface area contributed by atoms with Crippen LogP contribution in [-0.2, 0) is 4.79 Å². The molecule has 2 aliphatic rings. The molecule has 0 saturated carbocycles.